The Morgan fingerprint density at radius 1 is 1.53 bits per heavy atom. The van der Waals surface area contributed by atoms with Crippen LogP contribution in [0.15, 0.2) is 22.7 Å². The van der Waals surface area contributed by atoms with Gasteiger partial charge in [0, 0.05) is 35.2 Å². The Morgan fingerprint density at radius 2 is 2.29 bits per heavy atom. The van der Waals surface area contributed by atoms with Gasteiger partial charge in [-0.25, -0.2) is 4.39 Å². The quantitative estimate of drug-likeness (QED) is 0.910. The normalized spacial score (nSPS) is 26.1. The molecule has 94 valence electrons. The minimum absolute atomic E-state index is 0.129. The first-order valence-corrected chi connectivity index (χ1v) is 6.79. The summed E-state index contributed by atoms with van der Waals surface area (Å²) in [4.78, 5) is 2.30. The molecule has 0 bridgehead atoms. The van der Waals surface area contributed by atoms with E-state index in [0.29, 0.717) is 18.6 Å². The topological polar surface area (TPSA) is 29.3 Å². The van der Waals surface area contributed by atoms with Crippen LogP contribution in [0.1, 0.15) is 25.3 Å². The maximum atomic E-state index is 13.7. The van der Waals surface area contributed by atoms with Crippen molar-refractivity contribution in [2.24, 2.45) is 5.73 Å². The highest BCUT2D eigenvalue weighted by Gasteiger charge is 2.23. The Kier molecular flexibility index (Phi) is 4.17. The van der Waals surface area contributed by atoms with Gasteiger partial charge in [-0.2, -0.15) is 0 Å². The van der Waals surface area contributed by atoms with E-state index in [0.717, 1.165) is 29.4 Å². The molecular formula is C13H18BrFN2. The van der Waals surface area contributed by atoms with Crippen LogP contribution in [0, 0.1) is 5.82 Å². The molecule has 17 heavy (non-hydrogen) atoms. The summed E-state index contributed by atoms with van der Waals surface area (Å²) in [6.07, 6.45) is 2.00. The molecule has 1 saturated heterocycles. The van der Waals surface area contributed by atoms with Crippen molar-refractivity contribution in [1.29, 1.82) is 0 Å². The van der Waals surface area contributed by atoms with Crippen molar-refractivity contribution in [3.63, 3.8) is 0 Å². The van der Waals surface area contributed by atoms with Crippen LogP contribution in [-0.2, 0) is 6.54 Å². The summed E-state index contributed by atoms with van der Waals surface area (Å²) in [6.45, 7) is 3.78. The molecule has 2 N–H and O–H groups in total. The van der Waals surface area contributed by atoms with Gasteiger partial charge in [0.2, 0.25) is 0 Å². The molecule has 1 fully saturated rings. The van der Waals surface area contributed by atoms with Gasteiger partial charge in [-0.3, -0.25) is 4.90 Å². The number of hydrogen-bond acceptors (Lipinski definition) is 2. The average molecular weight is 301 g/mol. The highest BCUT2D eigenvalue weighted by Crippen LogP contribution is 2.22. The molecule has 1 heterocycles. The fourth-order valence-electron chi connectivity index (χ4n) is 2.38. The highest BCUT2D eigenvalue weighted by atomic mass is 79.9. The zero-order valence-electron chi connectivity index (χ0n) is 10.00. The Hall–Kier alpha value is -0.450. The number of rotatable bonds is 2. The first kappa shape index (κ1) is 13.0. The standard InChI is InChI=1S/C13H18BrFN2/c1-9-6-12(16)4-5-17(9)8-10-7-11(14)2-3-13(10)15/h2-3,7,9,12H,4-6,8,16H2,1H3. The van der Waals surface area contributed by atoms with E-state index in [2.05, 4.69) is 27.8 Å². The van der Waals surface area contributed by atoms with Crippen LogP contribution in [-0.4, -0.2) is 23.5 Å². The summed E-state index contributed by atoms with van der Waals surface area (Å²) in [7, 11) is 0. The van der Waals surface area contributed by atoms with Gasteiger partial charge in [-0.1, -0.05) is 15.9 Å². The molecule has 0 aromatic heterocycles. The number of nitrogens with two attached hydrogens (primary N) is 1. The lowest BCUT2D eigenvalue weighted by Crippen LogP contribution is -2.45. The maximum absolute atomic E-state index is 13.7. The first-order valence-electron chi connectivity index (χ1n) is 6.00. The summed E-state index contributed by atoms with van der Waals surface area (Å²) in [6, 6.07) is 5.83. The number of piperidine rings is 1. The third-order valence-electron chi connectivity index (χ3n) is 3.44. The van der Waals surface area contributed by atoms with Crippen LogP contribution in [0.4, 0.5) is 4.39 Å². The van der Waals surface area contributed by atoms with Crippen molar-refractivity contribution in [3.8, 4) is 0 Å². The SMILES string of the molecule is CC1CC(N)CCN1Cc1cc(Br)ccc1F. The lowest BCUT2D eigenvalue weighted by atomic mass is 9.98. The van der Waals surface area contributed by atoms with Crippen LogP contribution in [0.2, 0.25) is 0 Å². The van der Waals surface area contributed by atoms with Gasteiger partial charge in [0.1, 0.15) is 5.82 Å². The molecule has 1 aromatic carbocycles. The van der Waals surface area contributed by atoms with Crippen molar-refractivity contribution in [1.82, 2.24) is 4.90 Å². The fraction of sp³-hybridized carbons (Fsp3) is 0.538. The minimum atomic E-state index is -0.129. The number of halogens is 2. The average Bonchev–Trinajstić information content (AvgIpc) is 2.27. The number of nitrogens with zero attached hydrogens (tertiary/aromatic N) is 1. The van der Waals surface area contributed by atoms with Crippen molar-refractivity contribution < 1.29 is 4.39 Å². The molecule has 1 aliphatic rings. The molecule has 0 amide bonds. The van der Waals surface area contributed by atoms with Crippen molar-refractivity contribution >= 4 is 15.9 Å². The van der Waals surface area contributed by atoms with E-state index in [1.54, 1.807) is 6.07 Å². The summed E-state index contributed by atoms with van der Waals surface area (Å²) in [5.41, 5.74) is 6.68. The van der Waals surface area contributed by atoms with Gasteiger partial charge in [-0.15, -0.1) is 0 Å². The Balaban J connectivity index is 2.07. The molecule has 2 nitrogen and oxygen atoms in total. The second-order valence-electron chi connectivity index (χ2n) is 4.84. The molecule has 0 aliphatic carbocycles. The zero-order chi connectivity index (χ0) is 12.4. The van der Waals surface area contributed by atoms with Gasteiger partial charge < -0.3 is 5.73 Å². The van der Waals surface area contributed by atoms with Crippen LogP contribution in [0.3, 0.4) is 0 Å². The minimum Gasteiger partial charge on any atom is -0.328 e. The third-order valence-corrected chi connectivity index (χ3v) is 3.93. The smallest absolute Gasteiger partial charge is 0.127 e. The van der Waals surface area contributed by atoms with Gasteiger partial charge >= 0.3 is 0 Å². The van der Waals surface area contributed by atoms with Gasteiger partial charge in [0.25, 0.3) is 0 Å². The monoisotopic (exact) mass is 300 g/mol. The lowest BCUT2D eigenvalue weighted by molar-refractivity contribution is 0.138. The molecule has 1 aromatic rings. The Labute approximate surface area is 110 Å². The maximum Gasteiger partial charge on any atom is 0.127 e. The summed E-state index contributed by atoms with van der Waals surface area (Å²) < 4.78 is 14.6. The van der Waals surface area contributed by atoms with Gasteiger partial charge in [0.05, 0.1) is 0 Å². The van der Waals surface area contributed by atoms with E-state index in [9.17, 15) is 4.39 Å². The molecule has 2 rings (SSSR count). The van der Waals surface area contributed by atoms with E-state index in [1.807, 2.05) is 6.07 Å². The Bertz CT molecular complexity index is 397. The van der Waals surface area contributed by atoms with E-state index in [4.69, 9.17) is 5.73 Å². The molecular weight excluding hydrogens is 283 g/mol. The highest BCUT2D eigenvalue weighted by molar-refractivity contribution is 9.10. The van der Waals surface area contributed by atoms with E-state index >= 15 is 0 Å². The number of hydrogen-bond donors (Lipinski definition) is 1. The first-order chi connectivity index (χ1) is 8.06. The number of benzene rings is 1. The van der Waals surface area contributed by atoms with Crippen molar-refractivity contribution in [2.75, 3.05) is 6.54 Å². The van der Waals surface area contributed by atoms with E-state index in [-0.39, 0.29) is 5.82 Å². The van der Waals surface area contributed by atoms with Crippen LogP contribution >= 0.6 is 15.9 Å². The summed E-state index contributed by atoms with van der Waals surface area (Å²) in [5, 5.41) is 0. The second-order valence-corrected chi connectivity index (χ2v) is 5.76. The van der Waals surface area contributed by atoms with Gasteiger partial charge in [0.15, 0.2) is 0 Å². The molecule has 0 spiro atoms. The van der Waals surface area contributed by atoms with Crippen molar-refractivity contribution in [2.45, 2.75) is 38.4 Å². The second kappa shape index (κ2) is 5.46. The predicted molar refractivity (Wildman–Crippen MR) is 71.2 cm³/mol. The Morgan fingerprint density at radius 3 is 3.00 bits per heavy atom. The molecule has 0 saturated carbocycles. The summed E-state index contributed by atoms with van der Waals surface area (Å²) >= 11 is 3.38. The number of likely N-dealkylation sites (tertiary alicyclic amines) is 1. The predicted octanol–water partition coefficient (Wildman–Crippen LogP) is 2.90. The fourth-order valence-corrected chi connectivity index (χ4v) is 2.78. The van der Waals surface area contributed by atoms with Crippen LogP contribution in [0.25, 0.3) is 0 Å². The molecule has 4 heteroatoms. The van der Waals surface area contributed by atoms with Gasteiger partial charge in [-0.05, 0) is 38.0 Å². The van der Waals surface area contributed by atoms with E-state index in [1.165, 1.54) is 6.07 Å². The van der Waals surface area contributed by atoms with Crippen LogP contribution < -0.4 is 5.73 Å². The molecule has 1 aliphatic heterocycles. The molecule has 2 atom stereocenters. The van der Waals surface area contributed by atoms with E-state index < -0.39 is 0 Å². The summed E-state index contributed by atoms with van der Waals surface area (Å²) in [5.74, 6) is -0.129. The molecule has 2 unspecified atom stereocenters. The largest absolute Gasteiger partial charge is 0.328 e. The third kappa shape index (κ3) is 3.27. The lowest BCUT2D eigenvalue weighted by Gasteiger charge is -2.36. The van der Waals surface area contributed by atoms with Crippen LogP contribution in [0.5, 0.6) is 0 Å². The molecule has 0 radical (unpaired) electrons. The van der Waals surface area contributed by atoms with Crippen molar-refractivity contribution in [3.05, 3.63) is 34.1 Å². The zero-order valence-corrected chi connectivity index (χ0v) is 11.6.